The normalized spacial score (nSPS) is 8.71. The summed E-state index contributed by atoms with van der Waals surface area (Å²) in [6.45, 7) is 3.63. The summed E-state index contributed by atoms with van der Waals surface area (Å²) in [5.74, 6) is -5.98. The molecule has 0 fully saturated rings. The number of carboxylic acid groups (broad SMARTS) is 3. The molecule has 0 heterocycles. The van der Waals surface area contributed by atoms with E-state index in [1.54, 1.807) is 0 Å². The molecule has 1 aromatic rings. The van der Waals surface area contributed by atoms with Gasteiger partial charge < -0.3 is 34.8 Å². The van der Waals surface area contributed by atoms with Crippen LogP contribution in [0.25, 0.3) is 6.08 Å². The number of aliphatic carboxylic acids is 3. The number of carbonyl (C=O) groups excluding carboxylic acids is 3. The molecule has 1 rings (SSSR count). The Morgan fingerprint density at radius 2 is 1.33 bits per heavy atom. The molecular weight excluding hydrogens is 349 g/mol. The number of carboxylic acids is 3. The topological polar surface area (TPSA) is 141 Å². The van der Waals surface area contributed by atoms with Gasteiger partial charge in [-0.2, -0.15) is 0 Å². The largest absolute Gasteiger partial charge is 1.00 e. The number of rotatable bonds is 6. The Labute approximate surface area is 206 Å². The molecule has 114 valence electrons. The quantitative estimate of drug-likeness (QED) is 0.496. The second kappa shape index (κ2) is 16.8. The molecule has 0 aromatic heterocycles. The van der Waals surface area contributed by atoms with Gasteiger partial charge in [0, 0.05) is 24.8 Å². The van der Waals surface area contributed by atoms with E-state index in [0.717, 1.165) is 0 Å². The molecule has 0 radical (unpaired) electrons. The van der Waals surface area contributed by atoms with Crippen molar-refractivity contribution in [2.24, 2.45) is 0 Å². The van der Waals surface area contributed by atoms with Crippen LogP contribution >= 0.6 is 0 Å². The van der Waals surface area contributed by atoms with E-state index in [9.17, 15) is 29.7 Å². The minimum atomic E-state index is -2.97. The average Bonchev–Trinajstić information content (AvgIpc) is 2.38. The first kappa shape index (κ1) is 32.0. The van der Waals surface area contributed by atoms with Crippen LogP contribution in [0.1, 0.15) is 18.4 Å². The van der Waals surface area contributed by atoms with Crippen molar-refractivity contribution in [2.75, 3.05) is 0 Å². The van der Waals surface area contributed by atoms with E-state index in [0.29, 0.717) is 0 Å². The van der Waals surface area contributed by atoms with Crippen LogP contribution in [0, 0.1) is 0 Å². The zero-order chi connectivity index (χ0) is 16.5. The minimum Gasteiger partial charge on any atom is -0.550 e. The summed E-state index contributed by atoms with van der Waals surface area (Å²) in [4.78, 5) is 30.0. The number of carbonyl (C=O) groups is 3. The Morgan fingerprint density at radius 3 is 1.54 bits per heavy atom. The molecule has 0 amide bonds. The predicted molar refractivity (Wildman–Crippen MR) is 65.7 cm³/mol. The smallest absolute Gasteiger partial charge is 0.550 e. The molecule has 0 unspecified atom stereocenters. The minimum absolute atomic E-state index is 0. The maximum atomic E-state index is 10.1. The second-order valence-corrected chi connectivity index (χ2v) is 4.03. The molecule has 0 aliphatic rings. The third kappa shape index (κ3) is 14.7. The molecule has 0 saturated heterocycles. The Bertz CT molecular complexity index is 504. The van der Waals surface area contributed by atoms with Gasteiger partial charge in [0.05, 0.1) is 5.97 Å². The summed E-state index contributed by atoms with van der Waals surface area (Å²) in [7, 11) is 0. The van der Waals surface area contributed by atoms with Gasteiger partial charge in [0.1, 0.15) is 5.60 Å². The van der Waals surface area contributed by atoms with E-state index >= 15 is 0 Å². The maximum Gasteiger partial charge on any atom is 1.00 e. The Kier molecular flexibility index (Phi) is 22.4. The average molecular weight is 362 g/mol. The van der Waals surface area contributed by atoms with E-state index in [1.165, 1.54) is 5.56 Å². The van der Waals surface area contributed by atoms with Crippen LogP contribution in [0.3, 0.4) is 0 Å². The number of benzene rings is 1. The van der Waals surface area contributed by atoms with Gasteiger partial charge >= 0.3 is 88.7 Å². The van der Waals surface area contributed by atoms with Crippen LogP contribution < -0.4 is 104 Å². The third-order valence-electron chi connectivity index (χ3n) is 2.29. The summed E-state index contributed by atoms with van der Waals surface area (Å²) in [5, 5.41) is 38.9. The molecule has 10 heteroatoms. The van der Waals surface area contributed by atoms with Crippen molar-refractivity contribution in [1.29, 1.82) is 0 Å². The van der Waals surface area contributed by atoms with E-state index in [2.05, 4.69) is 6.58 Å². The molecule has 0 aliphatic heterocycles. The van der Waals surface area contributed by atoms with Crippen molar-refractivity contribution in [3.05, 3.63) is 42.5 Å². The van der Waals surface area contributed by atoms with Crippen molar-refractivity contribution >= 4 is 24.0 Å². The van der Waals surface area contributed by atoms with Crippen molar-refractivity contribution in [2.45, 2.75) is 18.4 Å². The van der Waals surface area contributed by atoms with E-state index < -0.39 is 36.4 Å². The van der Waals surface area contributed by atoms with Gasteiger partial charge in [-0.3, -0.25) is 0 Å². The van der Waals surface area contributed by atoms with Gasteiger partial charge in [0.15, 0.2) is 0 Å². The fourth-order valence-electron chi connectivity index (χ4n) is 1.27. The zero-order valence-electron chi connectivity index (χ0n) is 14.0. The summed E-state index contributed by atoms with van der Waals surface area (Å²) in [5.41, 5.74) is -1.80. The first-order chi connectivity index (χ1) is 9.71. The van der Waals surface area contributed by atoms with Crippen LogP contribution in [-0.2, 0) is 14.4 Å². The summed E-state index contributed by atoms with van der Waals surface area (Å²) in [6, 6.07) is 10.0. The molecule has 7 nitrogen and oxygen atoms in total. The van der Waals surface area contributed by atoms with Crippen molar-refractivity contribution in [1.82, 2.24) is 0 Å². The Balaban J connectivity index is -0.000000159. The van der Waals surface area contributed by atoms with Crippen LogP contribution in [0.5, 0.6) is 0 Å². The van der Waals surface area contributed by atoms with Gasteiger partial charge in [-0.15, -0.1) is 0 Å². The fraction of sp³-hybridized carbons (Fsp3) is 0.214. The van der Waals surface area contributed by atoms with Crippen LogP contribution in [0.4, 0.5) is 0 Å². The first-order valence-corrected chi connectivity index (χ1v) is 5.72. The number of aliphatic hydroxyl groups is 1. The van der Waals surface area contributed by atoms with Crippen molar-refractivity contribution in [3.63, 3.8) is 0 Å². The van der Waals surface area contributed by atoms with Gasteiger partial charge in [0.2, 0.25) is 0 Å². The number of hydrogen-bond acceptors (Lipinski definition) is 7. The van der Waals surface area contributed by atoms with Gasteiger partial charge in [0.25, 0.3) is 0 Å². The van der Waals surface area contributed by atoms with Gasteiger partial charge in [-0.25, -0.2) is 0 Å². The predicted octanol–water partition coefficient (Wildman–Crippen LogP) is -11.9. The van der Waals surface area contributed by atoms with E-state index in [4.69, 9.17) is 5.11 Å². The third-order valence-corrected chi connectivity index (χ3v) is 2.29. The molecule has 0 spiro atoms. The van der Waals surface area contributed by atoms with Crippen LogP contribution in [0.2, 0.25) is 0 Å². The van der Waals surface area contributed by atoms with Crippen LogP contribution in [-0.4, -0.2) is 28.6 Å². The Hall–Kier alpha value is 0.330. The molecular formula is C14H13Na3O7. The molecule has 1 N–H and O–H groups in total. The van der Waals surface area contributed by atoms with Crippen molar-refractivity contribution < 1.29 is 123 Å². The van der Waals surface area contributed by atoms with E-state index in [1.807, 2.05) is 36.4 Å². The molecule has 0 bridgehead atoms. The fourth-order valence-corrected chi connectivity index (χ4v) is 1.27. The molecule has 0 atom stereocenters. The Morgan fingerprint density at radius 1 is 0.958 bits per heavy atom. The maximum absolute atomic E-state index is 10.1. The summed E-state index contributed by atoms with van der Waals surface area (Å²) in [6.07, 6.45) is -0.882. The van der Waals surface area contributed by atoms with Crippen LogP contribution in [0.15, 0.2) is 36.9 Å². The SMILES string of the molecule is C=Cc1ccccc1.O=C([O-])CC(O)(CC(=O)[O-])C(=O)[O-].[Na+].[Na+].[Na+]. The van der Waals surface area contributed by atoms with Gasteiger partial charge in [-0.05, 0) is 5.56 Å². The molecule has 24 heavy (non-hydrogen) atoms. The molecule has 0 saturated carbocycles. The van der Waals surface area contributed by atoms with Gasteiger partial charge in [-0.1, -0.05) is 43.0 Å². The monoisotopic (exact) mass is 362 g/mol. The van der Waals surface area contributed by atoms with E-state index in [-0.39, 0.29) is 88.7 Å². The molecule has 1 aromatic carbocycles. The first-order valence-electron chi connectivity index (χ1n) is 5.72. The van der Waals surface area contributed by atoms with Crippen molar-refractivity contribution in [3.8, 4) is 0 Å². The zero-order valence-corrected chi connectivity index (χ0v) is 20.0. The number of hydrogen-bond donors (Lipinski definition) is 1. The second-order valence-electron chi connectivity index (χ2n) is 4.03. The summed E-state index contributed by atoms with van der Waals surface area (Å²) >= 11 is 0. The standard InChI is InChI=1S/C8H8.C6H8O7.3Na/c1-2-8-6-4-3-5-7-8;7-3(8)1-6(13,5(11)12)2-4(9)10;;;/h2-7H,1H2;13H,1-2H2,(H,7,8)(H,9,10)(H,11,12);;;/q;;3*+1/p-3. The molecule has 0 aliphatic carbocycles. The summed E-state index contributed by atoms with van der Waals surface area (Å²) < 4.78 is 0.